The Labute approximate surface area is 105 Å². The summed E-state index contributed by atoms with van der Waals surface area (Å²) in [6, 6.07) is 11.9. The zero-order valence-electron chi connectivity index (χ0n) is 9.41. The third-order valence-electron chi connectivity index (χ3n) is 2.52. The van der Waals surface area contributed by atoms with Gasteiger partial charge in [0.1, 0.15) is 5.75 Å². The summed E-state index contributed by atoms with van der Waals surface area (Å²) < 4.78 is 18.8. The molecule has 0 saturated heterocycles. The van der Waals surface area contributed by atoms with Crippen molar-refractivity contribution < 1.29 is 9.13 Å². The minimum atomic E-state index is -0.369. The van der Waals surface area contributed by atoms with Gasteiger partial charge in [-0.1, -0.05) is 18.2 Å². The molecule has 3 heteroatoms. The van der Waals surface area contributed by atoms with Crippen molar-refractivity contribution >= 4 is 11.6 Å². The van der Waals surface area contributed by atoms with Crippen LogP contribution in [0.4, 0.5) is 4.39 Å². The van der Waals surface area contributed by atoms with Crippen LogP contribution in [0.15, 0.2) is 42.5 Å². The smallest absolute Gasteiger partial charge is 0.165 e. The van der Waals surface area contributed by atoms with Gasteiger partial charge in [0.15, 0.2) is 11.6 Å². The van der Waals surface area contributed by atoms with Gasteiger partial charge >= 0.3 is 0 Å². The van der Waals surface area contributed by atoms with Crippen LogP contribution < -0.4 is 4.74 Å². The number of ether oxygens (including phenoxy) is 1. The summed E-state index contributed by atoms with van der Waals surface area (Å²) in [5.74, 6) is 0.935. The van der Waals surface area contributed by atoms with Crippen LogP contribution in [0.3, 0.4) is 0 Å². The Balaban J connectivity index is 2.25. The molecular formula is C14H12ClFO. The fourth-order valence-electron chi connectivity index (χ4n) is 1.54. The molecule has 0 atom stereocenters. The second-order valence-corrected chi connectivity index (χ2v) is 4.02. The molecular weight excluding hydrogens is 239 g/mol. The minimum Gasteiger partial charge on any atom is -0.454 e. The summed E-state index contributed by atoms with van der Waals surface area (Å²) in [6.45, 7) is 1.95. The van der Waals surface area contributed by atoms with Crippen molar-refractivity contribution in [2.24, 2.45) is 0 Å². The first-order valence-electron chi connectivity index (χ1n) is 5.28. The number of para-hydroxylation sites is 1. The van der Waals surface area contributed by atoms with Gasteiger partial charge in [0.25, 0.3) is 0 Å². The Hall–Kier alpha value is -1.54. The zero-order valence-corrected chi connectivity index (χ0v) is 10.2. The summed E-state index contributed by atoms with van der Waals surface area (Å²) in [4.78, 5) is 0. The average molecular weight is 251 g/mol. The van der Waals surface area contributed by atoms with Crippen LogP contribution in [-0.4, -0.2) is 0 Å². The number of halogens is 2. The molecule has 0 N–H and O–H groups in total. The lowest BCUT2D eigenvalue weighted by atomic mass is 10.1. The van der Waals surface area contributed by atoms with E-state index in [1.807, 2.05) is 19.1 Å². The predicted molar refractivity (Wildman–Crippen MR) is 67.2 cm³/mol. The fourth-order valence-corrected chi connectivity index (χ4v) is 1.84. The monoisotopic (exact) mass is 250 g/mol. The van der Waals surface area contributed by atoms with E-state index in [1.54, 1.807) is 24.3 Å². The molecule has 0 fully saturated rings. The van der Waals surface area contributed by atoms with E-state index < -0.39 is 0 Å². The van der Waals surface area contributed by atoms with Gasteiger partial charge in [0.2, 0.25) is 0 Å². The summed E-state index contributed by atoms with van der Waals surface area (Å²) >= 11 is 5.77. The zero-order chi connectivity index (χ0) is 12.3. The predicted octanol–water partition coefficient (Wildman–Crippen LogP) is 4.67. The highest BCUT2D eigenvalue weighted by Crippen LogP contribution is 2.26. The van der Waals surface area contributed by atoms with Crippen LogP contribution in [0.25, 0.3) is 0 Å². The van der Waals surface area contributed by atoms with Crippen LogP contribution in [-0.2, 0) is 5.88 Å². The molecule has 2 aromatic carbocycles. The molecule has 2 aromatic rings. The van der Waals surface area contributed by atoms with Crippen LogP contribution >= 0.6 is 11.6 Å². The van der Waals surface area contributed by atoms with Crippen LogP contribution in [0.2, 0.25) is 0 Å². The van der Waals surface area contributed by atoms with Crippen LogP contribution in [0, 0.1) is 12.7 Å². The molecule has 0 spiro atoms. The third-order valence-corrected chi connectivity index (χ3v) is 2.81. The second-order valence-electron chi connectivity index (χ2n) is 3.75. The van der Waals surface area contributed by atoms with E-state index in [0.29, 0.717) is 11.6 Å². The first-order valence-corrected chi connectivity index (χ1v) is 5.82. The lowest BCUT2D eigenvalue weighted by molar-refractivity contribution is 0.442. The Morgan fingerprint density at radius 3 is 2.59 bits per heavy atom. The fraction of sp³-hybridized carbons (Fsp3) is 0.143. The highest BCUT2D eigenvalue weighted by atomic mass is 35.5. The maximum Gasteiger partial charge on any atom is 0.165 e. The Morgan fingerprint density at radius 1 is 1.18 bits per heavy atom. The standard InChI is InChI=1S/C14H12ClFO/c1-10-8-12(7-6-11(10)9-15)17-14-5-3-2-4-13(14)16/h2-8H,9H2,1H3. The van der Waals surface area contributed by atoms with E-state index in [2.05, 4.69) is 0 Å². The van der Waals surface area contributed by atoms with E-state index in [1.165, 1.54) is 6.07 Å². The molecule has 0 radical (unpaired) electrons. The molecule has 2 rings (SSSR count). The van der Waals surface area contributed by atoms with Gasteiger partial charge in [0, 0.05) is 5.88 Å². The second kappa shape index (κ2) is 5.19. The van der Waals surface area contributed by atoms with Crippen molar-refractivity contribution in [3.63, 3.8) is 0 Å². The quantitative estimate of drug-likeness (QED) is 0.720. The molecule has 1 nitrogen and oxygen atoms in total. The van der Waals surface area contributed by atoms with Gasteiger partial charge in [-0.3, -0.25) is 0 Å². The number of benzene rings is 2. The van der Waals surface area contributed by atoms with E-state index in [-0.39, 0.29) is 11.6 Å². The summed E-state index contributed by atoms with van der Waals surface area (Å²) in [7, 11) is 0. The van der Waals surface area contributed by atoms with Crippen molar-refractivity contribution in [2.45, 2.75) is 12.8 Å². The van der Waals surface area contributed by atoms with E-state index >= 15 is 0 Å². The van der Waals surface area contributed by atoms with Crippen LogP contribution in [0.1, 0.15) is 11.1 Å². The molecule has 0 amide bonds. The Bertz CT molecular complexity index is 525. The molecule has 17 heavy (non-hydrogen) atoms. The topological polar surface area (TPSA) is 9.23 Å². The van der Waals surface area contributed by atoms with Gasteiger partial charge in [-0.15, -0.1) is 11.6 Å². The Morgan fingerprint density at radius 2 is 1.94 bits per heavy atom. The molecule has 0 bridgehead atoms. The van der Waals surface area contributed by atoms with Crippen molar-refractivity contribution in [3.05, 3.63) is 59.4 Å². The highest BCUT2D eigenvalue weighted by Gasteiger charge is 2.04. The summed E-state index contributed by atoms with van der Waals surface area (Å²) in [6.07, 6.45) is 0. The van der Waals surface area contributed by atoms with E-state index in [4.69, 9.17) is 16.3 Å². The summed E-state index contributed by atoms with van der Waals surface area (Å²) in [5.41, 5.74) is 2.08. The number of hydrogen-bond acceptors (Lipinski definition) is 1. The average Bonchev–Trinajstić information content (AvgIpc) is 2.32. The van der Waals surface area contributed by atoms with E-state index in [0.717, 1.165) is 11.1 Å². The van der Waals surface area contributed by atoms with Crippen LogP contribution in [0.5, 0.6) is 11.5 Å². The molecule has 0 unspecified atom stereocenters. The number of rotatable bonds is 3. The van der Waals surface area contributed by atoms with E-state index in [9.17, 15) is 4.39 Å². The first kappa shape index (κ1) is 11.9. The first-order chi connectivity index (χ1) is 8.20. The van der Waals surface area contributed by atoms with Crippen molar-refractivity contribution in [1.82, 2.24) is 0 Å². The number of alkyl halides is 1. The molecule has 88 valence electrons. The lowest BCUT2D eigenvalue weighted by Crippen LogP contribution is -1.90. The largest absolute Gasteiger partial charge is 0.454 e. The van der Waals surface area contributed by atoms with Crippen molar-refractivity contribution in [1.29, 1.82) is 0 Å². The van der Waals surface area contributed by atoms with Gasteiger partial charge in [-0.25, -0.2) is 4.39 Å². The third kappa shape index (κ3) is 2.77. The molecule has 0 saturated carbocycles. The molecule has 0 aromatic heterocycles. The maximum absolute atomic E-state index is 13.4. The van der Waals surface area contributed by atoms with Gasteiger partial charge in [-0.2, -0.15) is 0 Å². The molecule has 0 heterocycles. The van der Waals surface area contributed by atoms with Crippen molar-refractivity contribution in [2.75, 3.05) is 0 Å². The SMILES string of the molecule is Cc1cc(Oc2ccccc2F)ccc1CCl. The highest BCUT2D eigenvalue weighted by molar-refractivity contribution is 6.17. The molecule has 0 aliphatic carbocycles. The van der Waals surface area contributed by atoms with Gasteiger partial charge < -0.3 is 4.74 Å². The summed E-state index contributed by atoms with van der Waals surface area (Å²) in [5, 5.41) is 0. The van der Waals surface area contributed by atoms with Crippen molar-refractivity contribution in [3.8, 4) is 11.5 Å². The maximum atomic E-state index is 13.4. The minimum absolute atomic E-state index is 0.227. The number of aryl methyl sites for hydroxylation is 1. The lowest BCUT2D eigenvalue weighted by Gasteiger charge is -2.09. The van der Waals surface area contributed by atoms with Gasteiger partial charge in [0.05, 0.1) is 0 Å². The molecule has 0 aliphatic heterocycles. The van der Waals surface area contributed by atoms with Gasteiger partial charge in [-0.05, 0) is 42.3 Å². The number of hydrogen-bond donors (Lipinski definition) is 0. The molecule has 0 aliphatic rings. The Kier molecular flexibility index (Phi) is 3.64. The normalized spacial score (nSPS) is 10.3.